The molecule has 0 N–H and O–H groups in total. The lowest BCUT2D eigenvalue weighted by Crippen LogP contribution is -1.97. The molecule has 0 atom stereocenters. The monoisotopic (exact) mass is 425 g/mol. The molecule has 2 nitrogen and oxygen atoms in total. The van der Waals surface area contributed by atoms with Crippen LogP contribution >= 0.6 is 22.7 Å². The van der Waals surface area contributed by atoms with Crippen molar-refractivity contribution in [1.29, 1.82) is 0 Å². The Balaban J connectivity index is 1.61. The van der Waals surface area contributed by atoms with Gasteiger partial charge in [-0.3, -0.25) is 5.11 Å². The molecule has 0 saturated carbocycles. The summed E-state index contributed by atoms with van der Waals surface area (Å²) in [6.45, 7) is 2.16. The van der Waals surface area contributed by atoms with E-state index in [0.29, 0.717) is 17.9 Å². The number of benzene rings is 2. The van der Waals surface area contributed by atoms with Crippen molar-refractivity contribution in [2.24, 2.45) is 0 Å². The van der Waals surface area contributed by atoms with Gasteiger partial charge in [0.05, 0.1) is 9.75 Å². The third kappa shape index (κ3) is 5.33. The Morgan fingerprint density at radius 3 is 1.97 bits per heavy atom. The molecule has 30 heavy (non-hydrogen) atoms. The largest absolute Gasteiger partial charge is 0.489 e. The Morgan fingerprint density at radius 2 is 1.43 bits per heavy atom. The van der Waals surface area contributed by atoms with E-state index < -0.39 is 0 Å². The first-order valence-corrected chi connectivity index (χ1v) is 11.1. The molecule has 0 bridgehead atoms. The summed E-state index contributed by atoms with van der Waals surface area (Å²) in [5.41, 5.74) is 3.44. The molecular weight excluding hydrogens is 408 g/mol. The van der Waals surface area contributed by atoms with Crippen molar-refractivity contribution in [2.45, 2.75) is 13.5 Å². The summed E-state index contributed by atoms with van der Waals surface area (Å²) in [6, 6.07) is 19.0. The SMILES string of the molecule is Cc1cc(OCc2cc(C#Cc3cccs3)cc(C#Cc3cccs3)c2)ccc1[O]. The van der Waals surface area contributed by atoms with Gasteiger partial charge in [0, 0.05) is 16.7 Å². The average molecular weight is 426 g/mol. The normalized spacial score (nSPS) is 9.90. The van der Waals surface area contributed by atoms with Crippen LogP contribution in [0.1, 0.15) is 32.0 Å². The summed E-state index contributed by atoms with van der Waals surface area (Å²) in [7, 11) is 0. The second-order valence-electron chi connectivity index (χ2n) is 6.59. The molecule has 0 aliphatic heterocycles. The van der Waals surface area contributed by atoms with E-state index in [1.54, 1.807) is 41.7 Å². The van der Waals surface area contributed by atoms with Gasteiger partial charge in [0.25, 0.3) is 0 Å². The molecule has 0 aliphatic rings. The van der Waals surface area contributed by atoms with Crippen LogP contribution in [0.4, 0.5) is 0 Å². The third-order valence-corrected chi connectivity index (χ3v) is 5.82. The highest BCUT2D eigenvalue weighted by molar-refractivity contribution is 7.10. The zero-order valence-electron chi connectivity index (χ0n) is 16.3. The fourth-order valence-electron chi connectivity index (χ4n) is 2.76. The van der Waals surface area contributed by atoms with Gasteiger partial charge in [-0.15, -0.1) is 22.7 Å². The predicted molar refractivity (Wildman–Crippen MR) is 123 cm³/mol. The molecule has 4 heteroatoms. The van der Waals surface area contributed by atoms with Crippen LogP contribution in [0.3, 0.4) is 0 Å². The van der Waals surface area contributed by atoms with E-state index in [4.69, 9.17) is 4.74 Å². The van der Waals surface area contributed by atoms with Gasteiger partial charge in [0.2, 0.25) is 0 Å². The fraction of sp³-hybridized carbons (Fsp3) is 0.0769. The van der Waals surface area contributed by atoms with Crippen LogP contribution in [0.5, 0.6) is 11.5 Å². The second-order valence-corrected chi connectivity index (χ2v) is 8.48. The van der Waals surface area contributed by atoms with Gasteiger partial charge in [0.1, 0.15) is 12.4 Å². The summed E-state index contributed by atoms with van der Waals surface area (Å²) in [6.07, 6.45) is 0. The van der Waals surface area contributed by atoms with Gasteiger partial charge in [-0.05, 0) is 71.8 Å². The average Bonchev–Trinajstić information content (AvgIpc) is 3.46. The van der Waals surface area contributed by atoms with E-state index >= 15 is 0 Å². The van der Waals surface area contributed by atoms with Crippen LogP contribution in [0.2, 0.25) is 0 Å². The van der Waals surface area contributed by atoms with Gasteiger partial charge in [0.15, 0.2) is 5.75 Å². The highest BCUT2D eigenvalue weighted by atomic mass is 32.1. The first-order valence-electron chi connectivity index (χ1n) is 9.31. The molecular formula is C26H17O2S2. The van der Waals surface area contributed by atoms with Gasteiger partial charge >= 0.3 is 0 Å². The summed E-state index contributed by atoms with van der Waals surface area (Å²) in [5.74, 6) is 13.6. The Morgan fingerprint density at radius 1 is 0.800 bits per heavy atom. The number of rotatable bonds is 3. The summed E-state index contributed by atoms with van der Waals surface area (Å²) >= 11 is 3.24. The molecule has 0 amide bonds. The third-order valence-electron chi connectivity index (χ3n) is 4.25. The Labute approximate surface area is 184 Å². The fourth-order valence-corrected chi connectivity index (χ4v) is 3.91. The van der Waals surface area contributed by atoms with Crippen molar-refractivity contribution in [3.05, 3.63) is 103 Å². The van der Waals surface area contributed by atoms with Crippen LogP contribution < -0.4 is 4.74 Å². The molecule has 145 valence electrons. The molecule has 1 radical (unpaired) electrons. The minimum Gasteiger partial charge on any atom is -0.489 e. The van der Waals surface area contributed by atoms with E-state index in [-0.39, 0.29) is 5.75 Å². The summed E-state index contributed by atoms with van der Waals surface area (Å²) in [4.78, 5) is 2.05. The molecule has 2 aromatic carbocycles. The lowest BCUT2D eigenvalue weighted by molar-refractivity contribution is 0.303. The maximum atomic E-state index is 11.6. The number of aryl methyl sites for hydroxylation is 1. The van der Waals surface area contributed by atoms with E-state index in [9.17, 15) is 5.11 Å². The molecule has 0 unspecified atom stereocenters. The van der Waals surface area contributed by atoms with Crippen molar-refractivity contribution in [2.75, 3.05) is 0 Å². The van der Waals surface area contributed by atoms with Gasteiger partial charge in [-0.2, -0.15) is 0 Å². The van der Waals surface area contributed by atoms with Crippen molar-refractivity contribution >= 4 is 22.7 Å². The summed E-state index contributed by atoms with van der Waals surface area (Å²) in [5, 5.41) is 15.6. The van der Waals surface area contributed by atoms with Gasteiger partial charge < -0.3 is 4.74 Å². The topological polar surface area (TPSA) is 29.1 Å². The highest BCUT2D eigenvalue weighted by Gasteiger charge is 2.04. The minimum absolute atomic E-state index is 0.0133. The van der Waals surface area contributed by atoms with Crippen molar-refractivity contribution in [3.63, 3.8) is 0 Å². The van der Waals surface area contributed by atoms with E-state index in [1.807, 2.05) is 53.2 Å². The molecule has 4 rings (SSSR count). The standard InChI is InChI=1S/C26H17O2S2/c1-19-14-23(8-11-26(19)27)28-18-22-16-20(6-9-24-4-2-12-29-24)15-21(17-22)7-10-25-5-3-13-30-25/h2-5,8,11-17H,18H2,1H3. The zero-order valence-corrected chi connectivity index (χ0v) is 17.9. The number of thiophene rings is 2. The number of ether oxygens (including phenoxy) is 1. The van der Waals surface area contributed by atoms with Gasteiger partial charge in [-0.25, -0.2) is 0 Å². The molecule has 2 aromatic heterocycles. The number of hydrogen-bond donors (Lipinski definition) is 0. The highest BCUT2D eigenvalue weighted by Crippen LogP contribution is 2.23. The number of hydrogen-bond acceptors (Lipinski definition) is 3. The van der Waals surface area contributed by atoms with Crippen LogP contribution in [0.25, 0.3) is 0 Å². The van der Waals surface area contributed by atoms with Crippen molar-refractivity contribution in [3.8, 4) is 35.2 Å². The maximum absolute atomic E-state index is 11.6. The van der Waals surface area contributed by atoms with Gasteiger partial charge in [-0.1, -0.05) is 35.8 Å². The molecule has 4 aromatic rings. The smallest absolute Gasteiger partial charge is 0.181 e. The van der Waals surface area contributed by atoms with E-state index in [2.05, 4.69) is 23.7 Å². The quantitative estimate of drug-likeness (QED) is 0.338. The minimum atomic E-state index is 0.0133. The first kappa shape index (κ1) is 19.9. The molecule has 2 heterocycles. The lowest BCUT2D eigenvalue weighted by atomic mass is 10.1. The molecule has 0 aliphatic carbocycles. The van der Waals surface area contributed by atoms with E-state index in [1.165, 1.54) is 6.07 Å². The maximum Gasteiger partial charge on any atom is 0.181 e. The van der Waals surface area contributed by atoms with Crippen LogP contribution in [-0.4, -0.2) is 0 Å². The Hall–Kier alpha value is -3.44. The van der Waals surface area contributed by atoms with Crippen LogP contribution in [-0.2, 0) is 11.7 Å². The first-order chi connectivity index (χ1) is 14.7. The van der Waals surface area contributed by atoms with Crippen LogP contribution in [0, 0.1) is 30.6 Å². The molecule has 0 fully saturated rings. The van der Waals surface area contributed by atoms with Crippen LogP contribution in [0.15, 0.2) is 71.4 Å². The zero-order chi connectivity index (χ0) is 20.8. The predicted octanol–water partition coefficient (Wildman–Crippen LogP) is 6.64. The molecule has 0 saturated heterocycles. The Kier molecular flexibility index (Phi) is 6.20. The van der Waals surface area contributed by atoms with Crippen molar-refractivity contribution < 1.29 is 9.84 Å². The second kappa shape index (κ2) is 9.37. The summed E-state index contributed by atoms with van der Waals surface area (Å²) < 4.78 is 5.91. The molecule has 0 spiro atoms. The van der Waals surface area contributed by atoms with E-state index in [0.717, 1.165) is 26.4 Å². The lowest BCUT2D eigenvalue weighted by Gasteiger charge is -2.08. The van der Waals surface area contributed by atoms with Crippen molar-refractivity contribution in [1.82, 2.24) is 0 Å². The Bertz CT molecular complexity index is 1190.